The molecule has 0 bridgehead atoms. The van der Waals surface area contributed by atoms with E-state index in [1.54, 1.807) is 7.11 Å². The van der Waals surface area contributed by atoms with E-state index in [0.29, 0.717) is 6.04 Å². The summed E-state index contributed by atoms with van der Waals surface area (Å²) < 4.78 is 7.65. The third-order valence-corrected chi connectivity index (χ3v) is 4.31. The first kappa shape index (κ1) is 18.2. The molecule has 4 heteroatoms. The molecule has 1 unspecified atom stereocenters. The lowest BCUT2D eigenvalue weighted by Crippen LogP contribution is -2.25. The van der Waals surface area contributed by atoms with Gasteiger partial charge in [-0.2, -0.15) is 5.10 Å². The SMILES string of the molecule is CCCNC(CC)c1c(C)nn(CCC(C)(C)OC)c1C. The van der Waals surface area contributed by atoms with Gasteiger partial charge in [-0.15, -0.1) is 0 Å². The van der Waals surface area contributed by atoms with Crippen LogP contribution in [0.4, 0.5) is 0 Å². The Morgan fingerprint density at radius 3 is 2.48 bits per heavy atom. The van der Waals surface area contributed by atoms with Crippen LogP contribution in [0.25, 0.3) is 0 Å². The average Bonchev–Trinajstić information content (AvgIpc) is 2.73. The van der Waals surface area contributed by atoms with Crippen molar-refractivity contribution in [2.45, 2.75) is 79.0 Å². The zero-order chi connectivity index (χ0) is 16.0. The van der Waals surface area contributed by atoms with Crippen molar-refractivity contribution in [3.05, 3.63) is 17.0 Å². The smallest absolute Gasteiger partial charge is 0.0644 e. The molecule has 1 rings (SSSR count). The monoisotopic (exact) mass is 295 g/mol. The predicted molar refractivity (Wildman–Crippen MR) is 88.7 cm³/mol. The Kier molecular flexibility index (Phi) is 6.88. The normalized spacial score (nSPS) is 13.7. The van der Waals surface area contributed by atoms with Crippen LogP contribution in [0.3, 0.4) is 0 Å². The van der Waals surface area contributed by atoms with Gasteiger partial charge in [0.1, 0.15) is 0 Å². The number of methoxy groups -OCH3 is 1. The first-order chi connectivity index (χ1) is 9.86. The fraction of sp³-hybridized carbons (Fsp3) is 0.824. The molecule has 0 aliphatic rings. The van der Waals surface area contributed by atoms with Gasteiger partial charge >= 0.3 is 0 Å². The fourth-order valence-electron chi connectivity index (χ4n) is 2.68. The molecule has 0 fully saturated rings. The van der Waals surface area contributed by atoms with Gasteiger partial charge in [0.25, 0.3) is 0 Å². The lowest BCUT2D eigenvalue weighted by atomic mass is 10.0. The molecule has 4 nitrogen and oxygen atoms in total. The molecule has 0 radical (unpaired) electrons. The molecule has 1 aromatic rings. The van der Waals surface area contributed by atoms with Crippen molar-refractivity contribution in [2.75, 3.05) is 13.7 Å². The number of aryl methyl sites for hydroxylation is 2. The molecule has 122 valence electrons. The topological polar surface area (TPSA) is 39.1 Å². The third-order valence-electron chi connectivity index (χ3n) is 4.31. The fourth-order valence-corrected chi connectivity index (χ4v) is 2.68. The van der Waals surface area contributed by atoms with Crippen LogP contribution in [0.5, 0.6) is 0 Å². The van der Waals surface area contributed by atoms with Gasteiger partial charge in [-0.25, -0.2) is 0 Å². The van der Waals surface area contributed by atoms with Crippen LogP contribution >= 0.6 is 0 Å². The van der Waals surface area contributed by atoms with Gasteiger partial charge in [-0.05, 0) is 53.5 Å². The molecule has 0 aliphatic heterocycles. The molecule has 0 amide bonds. The Labute approximate surface area is 130 Å². The summed E-state index contributed by atoms with van der Waals surface area (Å²) in [4.78, 5) is 0. The number of hydrogen-bond acceptors (Lipinski definition) is 3. The van der Waals surface area contributed by atoms with Crippen molar-refractivity contribution in [2.24, 2.45) is 0 Å². The summed E-state index contributed by atoms with van der Waals surface area (Å²) >= 11 is 0. The number of nitrogens with zero attached hydrogens (tertiary/aromatic N) is 2. The standard InChI is InChI=1S/C17H33N3O/c1-8-11-18-15(9-2)16-13(3)19-20(14(16)4)12-10-17(5,6)21-7/h15,18H,8-12H2,1-7H3. The van der Waals surface area contributed by atoms with Crippen LogP contribution < -0.4 is 5.32 Å². The van der Waals surface area contributed by atoms with Gasteiger partial charge in [0.2, 0.25) is 0 Å². The molecular formula is C17H33N3O. The van der Waals surface area contributed by atoms with E-state index in [1.165, 1.54) is 11.3 Å². The molecule has 0 aliphatic carbocycles. The first-order valence-corrected chi connectivity index (χ1v) is 8.18. The quantitative estimate of drug-likeness (QED) is 0.754. The summed E-state index contributed by atoms with van der Waals surface area (Å²) in [5.74, 6) is 0. The third kappa shape index (κ3) is 4.82. The second-order valence-corrected chi connectivity index (χ2v) is 6.44. The van der Waals surface area contributed by atoms with Crippen LogP contribution in [-0.4, -0.2) is 29.0 Å². The maximum atomic E-state index is 5.50. The van der Waals surface area contributed by atoms with Crippen LogP contribution in [0.1, 0.15) is 70.0 Å². The highest BCUT2D eigenvalue weighted by molar-refractivity contribution is 5.28. The Bertz CT molecular complexity index is 437. The summed E-state index contributed by atoms with van der Waals surface area (Å²) in [5, 5.41) is 8.38. The van der Waals surface area contributed by atoms with E-state index in [2.05, 4.69) is 51.5 Å². The summed E-state index contributed by atoms with van der Waals surface area (Å²) in [6, 6.07) is 0.411. The summed E-state index contributed by atoms with van der Waals surface area (Å²) in [6.45, 7) is 14.9. The van der Waals surface area contributed by atoms with Crippen molar-refractivity contribution in [3.63, 3.8) is 0 Å². The molecule has 0 aromatic carbocycles. The minimum Gasteiger partial charge on any atom is -0.379 e. The average molecular weight is 295 g/mol. The Morgan fingerprint density at radius 2 is 1.95 bits per heavy atom. The Morgan fingerprint density at radius 1 is 1.29 bits per heavy atom. The summed E-state index contributed by atoms with van der Waals surface area (Å²) in [5.41, 5.74) is 3.71. The van der Waals surface area contributed by atoms with Gasteiger partial charge in [-0.1, -0.05) is 13.8 Å². The molecule has 1 heterocycles. The number of hydrogen-bond donors (Lipinski definition) is 1. The van der Waals surface area contributed by atoms with Gasteiger partial charge in [-0.3, -0.25) is 4.68 Å². The molecule has 0 spiro atoms. The zero-order valence-corrected chi connectivity index (χ0v) is 14.9. The van der Waals surface area contributed by atoms with Crippen molar-refractivity contribution in [3.8, 4) is 0 Å². The highest BCUT2D eigenvalue weighted by Gasteiger charge is 2.21. The molecule has 1 aromatic heterocycles. The number of rotatable bonds is 9. The number of ether oxygens (including phenoxy) is 1. The van der Waals surface area contributed by atoms with Crippen LogP contribution in [0, 0.1) is 13.8 Å². The van der Waals surface area contributed by atoms with Crippen LogP contribution in [-0.2, 0) is 11.3 Å². The molecule has 0 saturated carbocycles. The zero-order valence-electron chi connectivity index (χ0n) is 14.9. The highest BCUT2D eigenvalue weighted by atomic mass is 16.5. The second kappa shape index (κ2) is 7.95. The molecule has 1 atom stereocenters. The lowest BCUT2D eigenvalue weighted by molar-refractivity contribution is 0.0112. The Hall–Kier alpha value is -0.870. The van der Waals surface area contributed by atoms with E-state index in [1.807, 2.05) is 0 Å². The van der Waals surface area contributed by atoms with E-state index in [9.17, 15) is 0 Å². The number of aromatic nitrogens is 2. The van der Waals surface area contributed by atoms with Gasteiger partial charge in [0.05, 0.1) is 11.3 Å². The Balaban J connectivity index is 2.88. The van der Waals surface area contributed by atoms with Crippen molar-refractivity contribution >= 4 is 0 Å². The van der Waals surface area contributed by atoms with Crippen molar-refractivity contribution in [1.29, 1.82) is 0 Å². The molecular weight excluding hydrogens is 262 g/mol. The lowest BCUT2D eigenvalue weighted by Gasteiger charge is -2.23. The molecule has 0 saturated heterocycles. The molecule has 1 N–H and O–H groups in total. The first-order valence-electron chi connectivity index (χ1n) is 8.18. The van der Waals surface area contributed by atoms with E-state index >= 15 is 0 Å². The number of nitrogens with one attached hydrogen (secondary N) is 1. The van der Waals surface area contributed by atoms with Crippen molar-refractivity contribution < 1.29 is 4.74 Å². The predicted octanol–water partition coefficient (Wildman–Crippen LogP) is 3.77. The van der Waals surface area contributed by atoms with Gasteiger partial charge in [0, 0.05) is 31.0 Å². The minimum absolute atomic E-state index is 0.100. The van der Waals surface area contributed by atoms with E-state index in [-0.39, 0.29) is 5.60 Å². The highest BCUT2D eigenvalue weighted by Crippen LogP contribution is 2.25. The van der Waals surface area contributed by atoms with Crippen LogP contribution in [0.15, 0.2) is 0 Å². The maximum absolute atomic E-state index is 5.50. The maximum Gasteiger partial charge on any atom is 0.0644 e. The second-order valence-electron chi connectivity index (χ2n) is 6.44. The largest absolute Gasteiger partial charge is 0.379 e. The van der Waals surface area contributed by atoms with Crippen molar-refractivity contribution in [1.82, 2.24) is 15.1 Å². The summed E-state index contributed by atoms with van der Waals surface area (Å²) in [7, 11) is 1.77. The van der Waals surface area contributed by atoms with E-state index in [4.69, 9.17) is 9.84 Å². The van der Waals surface area contributed by atoms with E-state index < -0.39 is 0 Å². The minimum atomic E-state index is -0.100. The van der Waals surface area contributed by atoms with Gasteiger partial charge < -0.3 is 10.1 Å². The van der Waals surface area contributed by atoms with E-state index in [0.717, 1.165) is 38.0 Å². The molecule has 21 heavy (non-hydrogen) atoms. The summed E-state index contributed by atoms with van der Waals surface area (Å²) in [6.07, 6.45) is 3.21. The van der Waals surface area contributed by atoms with Gasteiger partial charge in [0.15, 0.2) is 0 Å². The van der Waals surface area contributed by atoms with Crippen LogP contribution in [0.2, 0.25) is 0 Å².